The molecule has 29 heavy (non-hydrogen) atoms. The molecular formula is C24H32F2O3. The fraction of sp³-hybridized carbons (Fsp3) is 0.500. The normalized spacial score (nSPS) is 15.1. The lowest BCUT2D eigenvalue weighted by Crippen LogP contribution is -2.47. The van der Waals surface area contributed by atoms with Crippen LogP contribution in [0.3, 0.4) is 0 Å². The molecule has 0 fully saturated rings. The van der Waals surface area contributed by atoms with E-state index in [9.17, 15) is 0 Å². The van der Waals surface area contributed by atoms with Crippen molar-refractivity contribution in [2.75, 3.05) is 27.1 Å². The van der Waals surface area contributed by atoms with Crippen molar-refractivity contribution < 1.29 is 23.0 Å². The highest BCUT2D eigenvalue weighted by molar-refractivity contribution is 5.17. The van der Waals surface area contributed by atoms with Crippen LogP contribution in [0.4, 0.5) is 8.78 Å². The van der Waals surface area contributed by atoms with Crippen molar-refractivity contribution in [3.8, 4) is 0 Å². The van der Waals surface area contributed by atoms with Gasteiger partial charge in [-0.1, -0.05) is 74.5 Å². The Balaban J connectivity index is 2.09. The fourth-order valence-electron chi connectivity index (χ4n) is 3.45. The average molecular weight is 407 g/mol. The number of methoxy groups -OCH3 is 1. The highest BCUT2D eigenvalue weighted by Gasteiger charge is 2.48. The lowest BCUT2D eigenvalue weighted by atomic mass is 9.84. The Morgan fingerprint density at radius 2 is 1.38 bits per heavy atom. The molecule has 5 heteroatoms. The van der Waals surface area contributed by atoms with Crippen LogP contribution in [0.15, 0.2) is 60.7 Å². The van der Waals surface area contributed by atoms with Gasteiger partial charge in [0.05, 0.1) is 13.2 Å². The largest absolute Gasteiger partial charge is 0.382 e. The molecule has 0 unspecified atom stereocenters. The summed E-state index contributed by atoms with van der Waals surface area (Å²) in [5, 5.41) is 0. The van der Waals surface area contributed by atoms with Gasteiger partial charge in [-0.3, -0.25) is 0 Å². The molecule has 0 saturated heterocycles. The minimum atomic E-state index is -3.01. The summed E-state index contributed by atoms with van der Waals surface area (Å²) < 4.78 is 46.8. The maximum atomic E-state index is 15.5. The maximum Gasteiger partial charge on any atom is 0.276 e. The van der Waals surface area contributed by atoms with Crippen LogP contribution >= 0.6 is 0 Å². The Morgan fingerprint density at radius 3 is 1.93 bits per heavy atom. The van der Waals surface area contributed by atoms with Crippen molar-refractivity contribution in [2.45, 2.75) is 38.7 Å². The zero-order chi connectivity index (χ0) is 21.1. The topological polar surface area (TPSA) is 27.7 Å². The molecule has 0 aliphatic rings. The Kier molecular flexibility index (Phi) is 9.71. The smallest absolute Gasteiger partial charge is 0.276 e. The Bertz CT molecular complexity index is 679. The fourth-order valence-corrected chi connectivity index (χ4v) is 3.45. The predicted molar refractivity (Wildman–Crippen MR) is 111 cm³/mol. The van der Waals surface area contributed by atoms with Crippen molar-refractivity contribution in [2.24, 2.45) is 11.8 Å². The van der Waals surface area contributed by atoms with E-state index in [1.54, 1.807) is 14.0 Å². The van der Waals surface area contributed by atoms with Crippen molar-refractivity contribution in [3.63, 3.8) is 0 Å². The van der Waals surface area contributed by atoms with Crippen LogP contribution in [0.25, 0.3) is 0 Å². The first kappa shape index (κ1) is 23.5. The molecule has 0 amide bonds. The van der Waals surface area contributed by atoms with E-state index in [-0.39, 0.29) is 19.1 Å². The molecule has 0 N–H and O–H groups in total. The van der Waals surface area contributed by atoms with Gasteiger partial charge in [0.15, 0.2) is 0 Å². The van der Waals surface area contributed by atoms with E-state index >= 15 is 8.78 Å². The highest BCUT2D eigenvalue weighted by atomic mass is 19.3. The van der Waals surface area contributed by atoms with Crippen molar-refractivity contribution in [3.05, 3.63) is 71.8 Å². The summed E-state index contributed by atoms with van der Waals surface area (Å²) in [5.41, 5.74) is 1.91. The molecule has 0 aliphatic heterocycles. The summed E-state index contributed by atoms with van der Waals surface area (Å²) in [6, 6.07) is 19.0. The Labute approximate surface area is 173 Å². The van der Waals surface area contributed by atoms with E-state index < -0.39 is 17.9 Å². The Morgan fingerprint density at radius 1 is 0.828 bits per heavy atom. The first-order valence-electron chi connectivity index (χ1n) is 10.1. The monoisotopic (exact) mass is 406 g/mol. The molecule has 0 radical (unpaired) electrons. The van der Waals surface area contributed by atoms with Gasteiger partial charge in [0.2, 0.25) is 0 Å². The molecule has 160 valence electrons. The molecule has 2 aromatic carbocycles. The van der Waals surface area contributed by atoms with E-state index in [2.05, 4.69) is 0 Å². The van der Waals surface area contributed by atoms with Gasteiger partial charge in [-0.2, -0.15) is 0 Å². The summed E-state index contributed by atoms with van der Waals surface area (Å²) in [5.74, 6) is -4.25. The minimum Gasteiger partial charge on any atom is -0.382 e. The quantitative estimate of drug-likeness (QED) is 0.330. The number of alkyl halides is 2. The first-order valence-corrected chi connectivity index (χ1v) is 10.1. The summed E-state index contributed by atoms with van der Waals surface area (Å²) in [6.07, 6.45) is -0.447. The van der Waals surface area contributed by atoms with E-state index in [4.69, 9.17) is 14.2 Å². The highest BCUT2D eigenvalue weighted by Crippen LogP contribution is 2.37. The Hall–Kier alpha value is -1.82. The van der Waals surface area contributed by atoms with Crippen LogP contribution in [0, 0.1) is 11.8 Å². The van der Waals surface area contributed by atoms with Gasteiger partial charge in [-0.15, -0.1) is 0 Å². The van der Waals surface area contributed by atoms with Crippen LogP contribution in [-0.2, 0) is 27.1 Å². The third-order valence-corrected chi connectivity index (χ3v) is 5.10. The van der Waals surface area contributed by atoms with E-state index in [1.165, 1.54) is 0 Å². The van der Waals surface area contributed by atoms with Gasteiger partial charge in [0.25, 0.3) is 5.92 Å². The number of halogens is 2. The number of hydrogen-bond acceptors (Lipinski definition) is 3. The van der Waals surface area contributed by atoms with Gasteiger partial charge >= 0.3 is 0 Å². The lowest BCUT2D eigenvalue weighted by Gasteiger charge is -2.35. The second-order valence-electron chi connectivity index (χ2n) is 7.54. The number of ether oxygens (including phenoxy) is 3. The van der Waals surface area contributed by atoms with Crippen LogP contribution in [0.5, 0.6) is 0 Å². The molecule has 0 bridgehead atoms. The lowest BCUT2D eigenvalue weighted by molar-refractivity contribution is -0.217. The second kappa shape index (κ2) is 12.0. The minimum absolute atomic E-state index is 0.180. The van der Waals surface area contributed by atoms with Crippen molar-refractivity contribution >= 4 is 0 Å². The van der Waals surface area contributed by atoms with E-state index in [1.807, 2.05) is 67.6 Å². The van der Waals surface area contributed by atoms with Crippen LogP contribution in [0.1, 0.15) is 25.0 Å². The molecule has 0 aliphatic carbocycles. The van der Waals surface area contributed by atoms with Crippen LogP contribution < -0.4 is 0 Å². The van der Waals surface area contributed by atoms with Crippen molar-refractivity contribution in [1.29, 1.82) is 0 Å². The van der Waals surface area contributed by atoms with E-state index in [0.717, 1.165) is 11.1 Å². The molecular weight excluding hydrogens is 374 g/mol. The third kappa shape index (κ3) is 7.50. The summed E-state index contributed by atoms with van der Waals surface area (Å²) in [6.45, 7) is 3.93. The number of rotatable bonds is 13. The van der Waals surface area contributed by atoms with Gasteiger partial charge in [0, 0.05) is 13.0 Å². The summed E-state index contributed by atoms with van der Waals surface area (Å²) in [4.78, 5) is 0. The molecule has 0 aromatic heterocycles. The third-order valence-electron chi connectivity index (χ3n) is 5.10. The number of benzene rings is 2. The van der Waals surface area contributed by atoms with Gasteiger partial charge in [-0.05, 0) is 29.9 Å². The van der Waals surface area contributed by atoms with Crippen molar-refractivity contribution in [1.82, 2.24) is 0 Å². The summed E-state index contributed by atoms with van der Waals surface area (Å²) in [7, 11) is 1.56. The maximum absolute atomic E-state index is 15.5. The van der Waals surface area contributed by atoms with Gasteiger partial charge in [-0.25, -0.2) is 8.78 Å². The molecule has 0 spiro atoms. The van der Waals surface area contributed by atoms with E-state index in [0.29, 0.717) is 19.6 Å². The average Bonchev–Trinajstić information content (AvgIpc) is 2.71. The van der Waals surface area contributed by atoms with Gasteiger partial charge in [0.1, 0.15) is 12.9 Å². The predicted octanol–water partition coefficient (Wildman–Crippen LogP) is 5.39. The zero-order valence-electron chi connectivity index (χ0n) is 17.5. The molecule has 2 aromatic rings. The zero-order valence-corrected chi connectivity index (χ0v) is 17.5. The second-order valence-corrected chi connectivity index (χ2v) is 7.54. The molecule has 3 nitrogen and oxygen atoms in total. The molecule has 2 rings (SSSR count). The first-order chi connectivity index (χ1) is 13.9. The van der Waals surface area contributed by atoms with Gasteiger partial charge < -0.3 is 14.2 Å². The standard InChI is InChI=1S/C24H32F2O3/c1-19(16-21-10-6-4-7-11-21)23(29-18-28-15-14-27-3)24(25,26)20(2)17-22-12-8-5-9-13-22/h4-13,19-20,23H,14-18H2,1-3H3/t19-,20-,23+/m1/s1. The van der Waals surface area contributed by atoms with Crippen LogP contribution in [-0.4, -0.2) is 39.1 Å². The molecule has 3 atom stereocenters. The number of hydrogen-bond donors (Lipinski definition) is 0. The molecule has 0 heterocycles. The van der Waals surface area contributed by atoms with Crippen LogP contribution in [0.2, 0.25) is 0 Å². The SMILES string of the molecule is COCCOCO[C@@H]([C@H](C)Cc1ccccc1)C(F)(F)[C@H](C)Cc1ccccc1. The molecule has 0 saturated carbocycles. The summed E-state index contributed by atoms with van der Waals surface area (Å²) >= 11 is 0.